The van der Waals surface area contributed by atoms with Crippen molar-refractivity contribution in [1.82, 2.24) is 4.90 Å². The highest BCUT2D eigenvalue weighted by Gasteiger charge is 2.13. The molecule has 0 saturated heterocycles. The third kappa shape index (κ3) is 3.06. The standard InChI is InChI=1S/C10H14ClFN2O/c1-14(2)5-9(15)6-3-7(11)10(13)8(12)4-6/h3-4,9,15H,5,13H2,1-2H3. The Labute approximate surface area is 93.3 Å². The Kier molecular flexibility index (Phi) is 3.90. The number of nitrogen functional groups attached to an aromatic ring is 1. The first-order valence-corrected chi connectivity index (χ1v) is 4.87. The minimum Gasteiger partial charge on any atom is -0.395 e. The number of anilines is 1. The third-order valence-electron chi connectivity index (χ3n) is 2.02. The van der Waals surface area contributed by atoms with E-state index in [1.54, 1.807) is 4.90 Å². The SMILES string of the molecule is CN(C)CC(O)c1cc(F)c(N)c(Cl)c1. The quantitative estimate of drug-likeness (QED) is 0.780. The molecular formula is C10H14ClFN2O. The van der Waals surface area contributed by atoms with Gasteiger partial charge in [0.25, 0.3) is 0 Å². The summed E-state index contributed by atoms with van der Waals surface area (Å²) >= 11 is 5.71. The van der Waals surface area contributed by atoms with E-state index in [4.69, 9.17) is 17.3 Å². The van der Waals surface area contributed by atoms with Crippen LogP contribution in [0.1, 0.15) is 11.7 Å². The summed E-state index contributed by atoms with van der Waals surface area (Å²) in [7, 11) is 3.64. The summed E-state index contributed by atoms with van der Waals surface area (Å²) in [5.41, 5.74) is 5.70. The minimum absolute atomic E-state index is 0.0857. The van der Waals surface area contributed by atoms with Gasteiger partial charge in [0.2, 0.25) is 0 Å². The van der Waals surface area contributed by atoms with E-state index >= 15 is 0 Å². The average Bonchev–Trinajstić information content (AvgIpc) is 2.12. The molecule has 1 aromatic carbocycles. The first kappa shape index (κ1) is 12.2. The molecule has 0 bridgehead atoms. The lowest BCUT2D eigenvalue weighted by Crippen LogP contribution is -2.20. The zero-order valence-electron chi connectivity index (χ0n) is 8.67. The second-order valence-corrected chi connectivity index (χ2v) is 4.08. The minimum atomic E-state index is -0.771. The Balaban J connectivity index is 2.95. The van der Waals surface area contributed by atoms with Gasteiger partial charge in [-0.25, -0.2) is 4.39 Å². The lowest BCUT2D eigenvalue weighted by atomic mass is 10.1. The summed E-state index contributed by atoms with van der Waals surface area (Å²) in [6.07, 6.45) is -0.771. The second kappa shape index (κ2) is 4.79. The zero-order valence-corrected chi connectivity index (χ0v) is 9.42. The number of nitrogens with two attached hydrogens (primary N) is 1. The molecule has 0 saturated carbocycles. The van der Waals surface area contributed by atoms with Crippen LogP contribution in [0, 0.1) is 5.82 Å². The summed E-state index contributed by atoms with van der Waals surface area (Å²) in [6.45, 7) is 0.402. The summed E-state index contributed by atoms with van der Waals surface area (Å²) < 4.78 is 13.2. The summed E-state index contributed by atoms with van der Waals surface area (Å²) in [4.78, 5) is 1.80. The fraction of sp³-hybridized carbons (Fsp3) is 0.400. The van der Waals surface area contributed by atoms with E-state index in [0.29, 0.717) is 12.1 Å². The number of aliphatic hydroxyl groups is 1. The number of benzene rings is 1. The van der Waals surface area contributed by atoms with Crippen molar-refractivity contribution in [3.8, 4) is 0 Å². The predicted molar refractivity (Wildman–Crippen MR) is 59.3 cm³/mol. The second-order valence-electron chi connectivity index (χ2n) is 3.68. The van der Waals surface area contributed by atoms with Gasteiger partial charge in [-0.2, -0.15) is 0 Å². The number of aliphatic hydroxyl groups excluding tert-OH is 1. The molecule has 0 amide bonds. The summed E-state index contributed by atoms with van der Waals surface area (Å²) in [5.74, 6) is -0.602. The molecule has 3 nitrogen and oxygen atoms in total. The highest BCUT2D eigenvalue weighted by molar-refractivity contribution is 6.33. The average molecular weight is 233 g/mol. The number of hydrogen-bond donors (Lipinski definition) is 2. The van der Waals surface area contributed by atoms with Crippen LogP contribution in [0.5, 0.6) is 0 Å². The van der Waals surface area contributed by atoms with E-state index < -0.39 is 11.9 Å². The number of nitrogens with zero attached hydrogens (tertiary/aromatic N) is 1. The number of rotatable bonds is 3. The molecule has 15 heavy (non-hydrogen) atoms. The van der Waals surface area contributed by atoms with Gasteiger partial charge in [-0.15, -0.1) is 0 Å². The summed E-state index contributed by atoms with van der Waals surface area (Å²) in [6, 6.07) is 2.68. The normalized spacial score (nSPS) is 13.2. The first-order valence-electron chi connectivity index (χ1n) is 4.49. The van der Waals surface area contributed by atoms with Gasteiger partial charge in [0, 0.05) is 6.54 Å². The van der Waals surface area contributed by atoms with Gasteiger partial charge in [-0.1, -0.05) is 11.6 Å². The molecule has 0 heterocycles. The number of halogens is 2. The van der Waals surface area contributed by atoms with Crippen molar-refractivity contribution in [2.45, 2.75) is 6.10 Å². The van der Waals surface area contributed by atoms with E-state index in [-0.39, 0.29) is 10.7 Å². The van der Waals surface area contributed by atoms with Gasteiger partial charge in [0.05, 0.1) is 16.8 Å². The lowest BCUT2D eigenvalue weighted by molar-refractivity contribution is 0.138. The van der Waals surface area contributed by atoms with Crippen LogP contribution >= 0.6 is 11.6 Å². The van der Waals surface area contributed by atoms with Crippen LogP contribution < -0.4 is 5.73 Å². The van der Waals surface area contributed by atoms with Crippen LogP contribution in [0.15, 0.2) is 12.1 Å². The van der Waals surface area contributed by atoms with Gasteiger partial charge < -0.3 is 15.7 Å². The van der Waals surface area contributed by atoms with Gasteiger partial charge in [0.1, 0.15) is 5.82 Å². The molecule has 0 radical (unpaired) electrons. The molecule has 0 aliphatic rings. The molecule has 3 N–H and O–H groups in total. The van der Waals surface area contributed by atoms with Crippen LogP contribution in [0.4, 0.5) is 10.1 Å². The Morgan fingerprint density at radius 1 is 1.53 bits per heavy atom. The van der Waals surface area contributed by atoms with E-state index in [1.807, 2.05) is 14.1 Å². The molecule has 1 atom stereocenters. The van der Waals surface area contributed by atoms with Crippen molar-refractivity contribution >= 4 is 17.3 Å². The fourth-order valence-corrected chi connectivity index (χ4v) is 1.46. The van der Waals surface area contributed by atoms with Crippen LogP contribution in [0.2, 0.25) is 5.02 Å². The predicted octanol–water partition coefficient (Wildman–Crippen LogP) is 1.66. The molecule has 0 fully saturated rings. The van der Waals surface area contributed by atoms with Gasteiger partial charge in [0.15, 0.2) is 0 Å². The largest absolute Gasteiger partial charge is 0.395 e. The molecule has 0 aliphatic carbocycles. The Morgan fingerprint density at radius 2 is 2.13 bits per heavy atom. The van der Waals surface area contributed by atoms with E-state index in [1.165, 1.54) is 12.1 Å². The molecule has 1 rings (SSSR count). The summed E-state index contributed by atoms with van der Waals surface area (Å²) in [5, 5.41) is 9.85. The Bertz CT molecular complexity index is 334. The van der Waals surface area contributed by atoms with E-state index in [0.717, 1.165) is 0 Å². The fourth-order valence-electron chi connectivity index (χ4n) is 1.25. The van der Waals surface area contributed by atoms with Crippen molar-refractivity contribution in [2.24, 2.45) is 0 Å². The number of likely N-dealkylation sites (N-methyl/N-ethyl adjacent to an activating group) is 1. The number of hydrogen-bond acceptors (Lipinski definition) is 3. The maximum atomic E-state index is 13.2. The maximum Gasteiger partial charge on any atom is 0.147 e. The van der Waals surface area contributed by atoms with Crippen molar-refractivity contribution in [3.05, 3.63) is 28.5 Å². The molecule has 0 aromatic heterocycles. The smallest absolute Gasteiger partial charge is 0.147 e. The van der Waals surface area contributed by atoms with E-state index in [9.17, 15) is 9.50 Å². The Hall–Kier alpha value is -0.840. The van der Waals surface area contributed by atoms with Crippen molar-refractivity contribution in [3.63, 3.8) is 0 Å². The molecule has 84 valence electrons. The lowest BCUT2D eigenvalue weighted by Gasteiger charge is -2.17. The van der Waals surface area contributed by atoms with Gasteiger partial charge in [-0.3, -0.25) is 0 Å². The van der Waals surface area contributed by atoms with Gasteiger partial charge >= 0.3 is 0 Å². The van der Waals surface area contributed by atoms with Crippen LogP contribution in [-0.4, -0.2) is 30.6 Å². The topological polar surface area (TPSA) is 49.5 Å². The van der Waals surface area contributed by atoms with E-state index in [2.05, 4.69) is 0 Å². The molecule has 5 heteroatoms. The molecule has 0 aliphatic heterocycles. The molecular weight excluding hydrogens is 219 g/mol. The van der Waals surface area contributed by atoms with Crippen molar-refractivity contribution < 1.29 is 9.50 Å². The molecule has 1 aromatic rings. The van der Waals surface area contributed by atoms with Gasteiger partial charge in [-0.05, 0) is 31.8 Å². The van der Waals surface area contributed by atoms with Crippen molar-refractivity contribution in [1.29, 1.82) is 0 Å². The first-order chi connectivity index (χ1) is 6.91. The third-order valence-corrected chi connectivity index (χ3v) is 2.34. The monoisotopic (exact) mass is 232 g/mol. The zero-order chi connectivity index (χ0) is 11.6. The van der Waals surface area contributed by atoms with Crippen LogP contribution in [0.3, 0.4) is 0 Å². The highest BCUT2D eigenvalue weighted by Crippen LogP contribution is 2.26. The highest BCUT2D eigenvalue weighted by atomic mass is 35.5. The maximum absolute atomic E-state index is 13.2. The molecule has 1 unspecified atom stereocenters. The molecule has 0 spiro atoms. The van der Waals surface area contributed by atoms with Crippen LogP contribution in [0.25, 0.3) is 0 Å². The van der Waals surface area contributed by atoms with Crippen LogP contribution in [-0.2, 0) is 0 Å². The Morgan fingerprint density at radius 3 is 2.60 bits per heavy atom. The van der Waals surface area contributed by atoms with Crippen molar-refractivity contribution in [2.75, 3.05) is 26.4 Å².